The van der Waals surface area contributed by atoms with Gasteiger partial charge in [-0.15, -0.1) is 11.3 Å². The van der Waals surface area contributed by atoms with Crippen molar-refractivity contribution in [3.05, 3.63) is 52.0 Å². The predicted molar refractivity (Wildman–Crippen MR) is 99.7 cm³/mol. The largest absolute Gasteiger partial charge is 0.350 e. The van der Waals surface area contributed by atoms with Crippen LogP contribution in [0.25, 0.3) is 10.2 Å². The number of thiophene rings is 1. The molecule has 1 amide bonds. The van der Waals surface area contributed by atoms with E-state index in [1.165, 1.54) is 0 Å². The molecule has 3 aromatic rings. The van der Waals surface area contributed by atoms with Crippen molar-refractivity contribution in [2.45, 2.75) is 26.3 Å². The van der Waals surface area contributed by atoms with Crippen molar-refractivity contribution in [1.29, 1.82) is 0 Å². The first-order valence-corrected chi connectivity index (χ1v) is 9.42. The molecule has 0 unspecified atom stereocenters. The van der Waals surface area contributed by atoms with Crippen molar-refractivity contribution in [3.8, 4) is 0 Å². The molecule has 0 saturated carbocycles. The SMILES string of the molecule is Cc1cc2[nH]c(C(=O)Nc3cc(F)ccc3F)c(CN3CCCC3)c2s1. The summed E-state index contributed by atoms with van der Waals surface area (Å²) in [5.74, 6) is -1.71. The van der Waals surface area contributed by atoms with Crippen LogP contribution in [0.15, 0.2) is 24.3 Å². The maximum Gasteiger partial charge on any atom is 0.272 e. The average Bonchev–Trinajstić information content (AvgIpc) is 3.29. The third-order valence-corrected chi connectivity index (χ3v) is 5.79. The Kier molecular flexibility index (Phi) is 4.50. The lowest BCUT2D eigenvalue weighted by molar-refractivity contribution is 0.102. The lowest BCUT2D eigenvalue weighted by Gasteiger charge is -2.15. The molecule has 0 atom stereocenters. The van der Waals surface area contributed by atoms with Crippen LogP contribution >= 0.6 is 11.3 Å². The number of aromatic amines is 1. The molecule has 3 heterocycles. The number of aryl methyl sites for hydroxylation is 1. The summed E-state index contributed by atoms with van der Waals surface area (Å²) in [5, 5.41) is 2.50. The monoisotopic (exact) mass is 375 g/mol. The highest BCUT2D eigenvalue weighted by atomic mass is 32.1. The molecule has 1 saturated heterocycles. The quantitative estimate of drug-likeness (QED) is 0.696. The van der Waals surface area contributed by atoms with Crippen LogP contribution in [0.1, 0.15) is 33.8 Å². The van der Waals surface area contributed by atoms with E-state index in [0.717, 1.165) is 64.8 Å². The Balaban J connectivity index is 1.69. The van der Waals surface area contributed by atoms with Gasteiger partial charge in [-0.25, -0.2) is 8.78 Å². The van der Waals surface area contributed by atoms with Gasteiger partial charge in [0.2, 0.25) is 0 Å². The number of likely N-dealkylation sites (tertiary alicyclic amines) is 1. The van der Waals surface area contributed by atoms with Crippen molar-refractivity contribution in [2.75, 3.05) is 18.4 Å². The van der Waals surface area contributed by atoms with Gasteiger partial charge in [0.25, 0.3) is 5.91 Å². The number of aromatic nitrogens is 1. The number of nitrogens with zero attached hydrogens (tertiary/aromatic N) is 1. The number of rotatable bonds is 4. The van der Waals surface area contributed by atoms with Crippen LogP contribution in [0.4, 0.5) is 14.5 Å². The molecule has 4 nitrogen and oxygen atoms in total. The normalized spacial score (nSPS) is 15.0. The highest BCUT2D eigenvalue weighted by molar-refractivity contribution is 7.19. The summed E-state index contributed by atoms with van der Waals surface area (Å²) in [6.45, 7) is 4.72. The first-order valence-electron chi connectivity index (χ1n) is 8.61. The number of carbonyl (C=O) groups is 1. The zero-order valence-electron chi connectivity index (χ0n) is 14.4. The number of H-pyrrole nitrogens is 1. The number of nitrogens with one attached hydrogen (secondary N) is 2. The van der Waals surface area contributed by atoms with Crippen molar-refractivity contribution in [1.82, 2.24) is 9.88 Å². The van der Waals surface area contributed by atoms with Crippen LogP contribution in [0.5, 0.6) is 0 Å². The minimum absolute atomic E-state index is 0.156. The average molecular weight is 375 g/mol. The third-order valence-electron chi connectivity index (χ3n) is 4.67. The van der Waals surface area contributed by atoms with Gasteiger partial charge >= 0.3 is 0 Å². The number of halogens is 2. The standard InChI is InChI=1S/C19H19F2N3OS/c1-11-8-16-18(26-11)13(10-24-6-2-3-7-24)17(22-16)19(25)23-15-9-12(20)4-5-14(15)21/h4-5,8-9,22H,2-3,6-7,10H2,1H3,(H,23,25). The van der Waals surface area contributed by atoms with Crippen molar-refractivity contribution >= 4 is 33.1 Å². The zero-order chi connectivity index (χ0) is 18.3. The number of hydrogen-bond acceptors (Lipinski definition) is 3. The van der Waals surface area contributed by atoms with Crippen LogP contribution in [-0.2, 0) is 6.54 Å². The smallest absolute Gasteiger partial charge is 0.272 e. The second-order valence-electron chi connectivity index (χ2n) is 6.64. The van der Waals surface area contributed by atoms with Crippen LogP contribution in [0.2, 0.25) is 0 Å². The fraction of sp³-hybridized carbons (Fsp3) is 0.316. The van der Waals surface area contributed by atoms with Gasteiger partial charge in [0, 0.05) is 23.1 Å². The highest BCUT2D eigenvalue weighted by Crippen LogP contribution is 2.32. The molecule has 0 bridgehead atoms. The van der Waals surface area contributed by atoms with Crippen molar-refractivity contribution in [3.63, 3.8) is 0 Å². The van der Waals surface area contributed by atoms with Gasteiger partial charge in [-0.1, -0.05) is 0 Å². The molecular weight excluding hydrogens is 356 g/mol. The Bertz CT molecular complexity index is 973. The summed E-state index contributed by atoms with van der Waals surface area (Å²) < 4.78 is 28.3. The Hall–Kier alpha value is -2.25. The molecule has 2 N–H and O–H groups in total. The van der Waals surface area contributed by atoms with E-state index in [9.17, 15) is 13.6 Å². The number of hydrogen-bond donors (Lipinski definition) is 2. The summed E-state index contributed by atoms with van der Waals surface area (Å²) in [4.78, 5) is 19.4. The van der Waals surface area contributed by atoms with Crippen LogP contribution < -0.4 is 5.32 Å². The van der Waals surface area contributed by atoms with Gasteiger partial charge in [-0.05, 0) is 51.1 Å². The second kappa shape index (κ2) is 6.81. The first kappa shape index (κ1) is 17.2. The Morgan fingerprint density at radius 1 is 1.27 bits per heavy atom. The number of amides is 1. The second-order valence-corrected chi connectivity index (χ2v) is 7.90. The number of carbonyl (C=O) groups excluding carboxylic acids is 1. The molecule has 26 heavy (non-hydrogen) atoms. The topological polar surface area (TPSA) is 48.1 Å². The fourth-order valence-electron chi connectivity index (χ4n) is 3.44. The third kappa shape index (κ3) is 3.24. The summed E-state index contributed by atoms with van der Waals surface area (Å²) in [6.07, 6.45) is 2.32. The highest BCUT2D eigenvalue weighted by Gasteiger charge is 2.23. The van der Waals surface area contributed by atoms with E-state index in [4.69, 9.17) is 0 Å². The van der Waals surface area contributed by atoms with Gasteiger partial charge in [-0.3, -0.25) is 9.69 Å². The van der Waals surface area contributed by atoms with Gasteiger partial charge in [0.05, 0.1) is 15.9 Å². The zero-order valence-corrected chi connectivity index (χ0v) is 15.2. The molecule has 1 aromatic carbocycles. The lowest BCUT2D eigenvalue weighted by Crippen LogP contribution is -2.21. The van der Waals surface area contributed by atoms with Gasteiger partial charge in [0.15, 0.2) is 0 Å². The lowest BCUT2D eigenvalue weighted by atomic mass is 10.2. The van der Waals surface area contributed by atoms with Crippen molar-refractivity contribution in [2.24, 2.45) is 0 Å². The number of anilines is 1. The first-order chi connectivity index (χ1) is 12.5. The molecule has 0 aliphatic carbocycles. The van der Waals surface area contributed by atoms with E-state index >= 15 is 0 Å². The van der Waals surface area contributed by atoms with E-state index in [0.29, 0.717) is 12.2 Å². The fourth-order valence-corrected chi connectivity index (χ4v) is 4.45. The molecule has 4 rings (SSSR count). The summed E-state index contributed by atoms with van der Waals surface area (Å²) in [5.41, 5.74) is 2.10. The van der Waals surface area contributed by atoms with Crippen LogP contribution in [0, 0.1) is 18.6 Å². The molecule has 7 heteroatoms. The molecule has 1 aliphatic heterocycles. The molecule has 0 spiro atoms. The van der Waals surface area contributed by atoms with Crippen LogP contribution in [-0.4, -0.2) is 28.9 Å². The Morgan fingerprint density at radius 2 is 2.04 bits per heavy atom. The summed E-state index contributed by atoms with van der Waals surface area (Å²) in [7, 11) is 0. The summed E-state index contributed by atoms with van der Waals surface area (Å²) in [6, 6.07) is 5.03. The molecular formula is C19H19F2N3OS. The van der Waals surface area contributed by atoms with Gasteiger partial charge < -0.3 is 10.3 Å². The number of benzene rings is 1. The molecule has 136 valence electrons. The molecule has 1 fully saturated rings. The predicted octanol–water partition coefficient (Wildman–Crippen LogP) is 4.66. The minimum Gasteiger partial charge on any atom is -0.350 e. The van der Waals surface area contributed by atoms with E-state index < -0.39 is 17.5 Å². The minimum atomic E-state index is -0.662. The van der Waals surface area contributed by atoms with Gasteiger partial charge in [0.1, 0.15) is 17.3 Å². The Morgan fingerprint density at radius 3 is 2.81 bits per heavy atom. The van der Waals surface area contributed by atoms with E-state index in [1.54, 1.807) is 11.3 Å². The molecule has 0 radical (unpaired) electrons. The number of fused-ring (bicyclic) bond motifs is 1. The van der Waals surface area contributed by atoms with Gasteiger partial charge in [-0.2, -0.15) is 0 Å². The van der Waals surface area contributed by atoms with E-state index in [2.05, 4.69) is 15.2 Å². The molecule has 2 aromatic heterocycles. The van der Waals surface area contributed by atoms with Crippen LogP contribution in [0.3, 0.4) is 0 Å². The van der Waals surface area contributed by atoms with E-state index in [-0.39, 0.29) is 5.69 Å². The Labute approximate surface area is 153 Å². The maximum absolute atomic E-state index is 13.9. The van der Waals surface area contributed by atoms with E-state index in [1.807, 2.05) is 13.0 Å². The summed E-state index contributed by atoms with van der Waals surface area (Å²) >= 11 is 1.64. The van der Waals surface area contributed by atoms with Crippen molar-refractivity contribution < 1.29 is 13.6 Å². The maximum atomic E-state index is 13.9. The molecule has 1 aliphatic rings.